The van der Waals surface area contributed by atoms with Crippen LogP contribution in [0, 0.1) is 5.82 Å². The van der Waals surface area contributed by atoms with Crippen molar-refractivity contribution in [3.8, 4) is 5.69 Å². The van der Waals surface area contributed by atoms with Crippen LogP contribution in [0.25, 0.3) is 5.69 Å². The summed E-state index contributed by atoms with van der Waals surface area (Å²) in [5.74, 6) is -0.613. The highest BCUT2D eigenvalue weighted by atomic mass is 35.5. The van der Waals surface area contributed by atoms with Gasteiger partial charge in [-0.3, -0.25) is 4.79 Å². The lowest BCUT2D eigenvalue weighted by atomic mass is 10.3. The number of anilines is 1. The standard InChI is InChI=1S/C14H9ClFN5O/c15-11-2-1-7-17-13(11)19-14(22)12-8-18-21(20-12)10-5-3-9(16)4-6-10/h1-8H,(H,17,19,22). The molecule has 0 unspecified atom stereocenters. The van der Waals surface area contributed by atoms with Crippen molar-refractivity contribution in [1.29, 1.82) is 0 Å². The number of pyridine rings is 1. The van der Waals surface area contributed by atoms with E-state index >= 15 is 0 Å². The minimum atomic E-state index is -0.492. The molecule has 1 N–H and O–H groups in total. The summed E-state index contributed by atoms with van der Waals surface area (Å²) in [5.41, 5.74) is 0.627. The molecule has 22 heavy (non-hydrogen) atoms. The van der Waals surface area contributed by atoms with Crippen molar-refractivity contribution in [3.63, 3.8) is 0 Å². The van der Waals surface area contributed by atoms with Gasteiger partial charge in [-0.2, -0.15) is 9.90 Å². The maximum absolute atomic E-state index is 12.9. The van der Waals surface area contributed by atoms with Gasteiger partial charge in [-0.25, -0.2) is 9.37 Å². The number of amides is 1. The second-order valence-electron chi connectivity index (χ2n) is 4.28. The number of carbonyl (C=O) groups is 1. The second-order valence-corrected chi connectivity index (χ2v) is 4.69. The number of halogens is 2. The van der Waals surface area contributed by atoms with E-state index in [1.807, 2.05) is 0 Å². The number of hydrogen-bond donors (Lipinski definition) is 1. The monoisotopic (exact) mass is 317 g/mol. The molecule has 2 heterocycles. The summed E-state index contributed by atoms with van der Waals surface area (Å²) >= 11 is 5.92. The van der Waals surface area contributed by atoms with Gasteiger partial charge in [-0.1, -0.05) is 11.6 Å². The maximum atomic E-state index is 12.9. The Kier molecular flexibility index (Phi) is 3.80. The highest BCUT2D eigenvalue weighted by Crippen LogP contribution is 2.18. The van der Waals surface area contributed by atoms with Crippen molar-refractivity contribution in [1.82, 2.24) is 20.0 Å². The minimum Gasteiger partial charge on any atom is -0.304 e. The van der Waals surface area contributed by atoms with Crippen LogP contribution in [-0.2, 0) is 0 Å². The molecule has 1 amide bonds. The maximum Gasteiger partial charge on any atom is 0.279 e. The average Bonchev–Trinajstić information content (AvgIpc) is 3.00. The zero-order chi connectivity index (χ0) is 15.5. The number of carbonyl (C=O) groups excluding carboxylic acids is 1. The Bertz CT molecular complexity index is 818. The molecule has 0 fully saturated rings. The first-order valence-electron chi connectivity index (χ1n) is 6.23. The van der Waals surface area contributed by atoms with E-state index in [-0.39, 0.29) is 17.3 Å². The normalized spacial score (nSPS) is 10.5. The Morgan fingerprint density at radius 3 is 2.73 bits per heavy atom. The number of benzene rings is 1. The molecular weight excluding hydrogens is 309 g/mol. The van der Waals surface area contributed by atoms with Crippen LogP contribution in [0.3, 0.4) is 0 Å². The molecule has 0 bridgehead atoms. The predicted molar refractivity (Wildman–Crippen MR) is 78.5 cm³/mol. The third kappa shape index (κ3) is 2.94. The van der Waals surface area contributed by atoms with Crippen LogP contribution in [0.2, 0.25) is 5.02 Å². The van der Waals surface area contributed by atoms with E-state index in [2.05, 4.69) is 20.5 Å². The van der Waals surface area contributed by atoms with Gasteiger partial charge >= 0.3 is 0 Å². The predicted octanol–water partition coefficient (Wildman–Crippen LogP) is 2.71. The first kappa shape index (κ1) is 14.2. The van der Waals surface area contributed by atoms with Crippen LogP contribution in [0.5, 0.6) is 0 Å². The quantitative estimate of drug-likeness (QED) is 0.806. The number of aromatic nitrogens is 4. The van der Waals surface area contributed by atoms with Gasteiger partial charge in [0.1, 0.15) is 5.82 Å². The molecule has 3 aromatic rings. The molecule has 0 aliphatic rings. The van der Waals surface area contributed by atoms with Crippen LogP contribution in [-0.4, -0.2) is 25.9 Å². The fraction of sp³-hybridized carbons (Fsp3) is 0. The van der Waals surface area contributed by atoms with E-state index in [0.29, 0.717) is 10.7 Å². The lowest BCUT2D eigenvalue weighted by Crippen LogP contribution is -2.14. The van der Waals surface area contributed by atoms with E-state index in [1.165, 1.54) is 41.5 Å². The zero-order valence-corrected chi connectivity index (χ0v) is 11.8. The van der Waals surface area contributed by atoms with Gasteiger partial charge in [0.15, 0.2) is 11.5 Å². The van der Waals surface area contributed by atoms with Crippen LogP contribution in [0.4, 0.5) is 10.2 Å². The minimum absolute atomic E-state index is 0.0889. The zero-order valence-electron chi connectivity index (χ0n) is 11.1. The van der Waals surface area contributed by atoms with E-state index < -0.39 is 5.91 Å². The Morgan fingerprint density at radius 2 is 2.00 bits per heavy atom. The summed E-state index contributed by atoms with van der Waals surface area (Å²) in [6.07, 6.45) is 2.81. The van der Waals surface area contributed by atoms with Crippen molar-refractivity contribution in [2.24, 2.45) is 0 Å². The van der Waals surface area contributed by atoms with E-state index in [0.717, 1.165) is 0 Å². The summed E-state index contributed by atoms with van der Waals surface area (Å²) in [6, 6.07) is 8.85. The molecule has 0 aliphatic heterocycles. The smallest absolute Gasteiger partial charge is 0.279 e. The van der Waals surface area contributed by atoms with Gasteiger partial charge in [-0.05, 0) is 36.4 Å². The van der Waals surface area contributed by atoms with Crippen LogP contribution in [0.1, 0.15) is 10.5 Å². The molecule has 6 nitrogen and oxygen atoms in total. The molecule has 8 heteroatoms. The third-order valence-corrected chi connectivity index (χ3v) is 3.08. The summed E-state index contributed by atoms with van der Waals surface area (Å²) in [5, 5.41) is 10.9. The lowest BCUT2D eigenvalue weighted by Gasteiger charge is -2.03. The van der Waals surface area contributed by atoms with E-state index in [4.69, 9.17) is 11.6 Å². The van der Waals surface area contributed by atoms with Crippen molar-refractivity contribution in [3.05, 3.63) is 65.3 Å². The highest BCUT2D eigenvalue weighted by molar-refractivity contribution is 6.33. The van der Waals surface area contributed by atoms with Gasteiger partial charge in [0.05, 0.1) is 16.9 Å². The van der Waals surface area contributed by atoms with Gasteiger partial charge in [0.2, 0.25) is 0 Å². The van der Waals surface area contributed by atoms with Crippen LogP contribution >= 0.6 is 11.6 Å². The number of nitrogens with one attached hydrogen (secondary N) is 1. The Hall–Kier alpha value is -2.80. The molecule has 0 spiro atoms. The average molecular weight is 318 g/mol. The van der Waals surface area contributed by atoms with Crippen LogP contribution in [0.15, 0.2) is 48.8 Å². The molecule has 110 valence electrons. The Balaban J connectivity index is 1.80. The lowest BCUT2D eigenvalue weighted by molar-refractivity contribution is 0.102. The molecular formula is C14H9ClFN5O. The Labute approximate surface area is 129 Å². The van der Waals surface area contributed by atoms with Crippen molar-refractivity contribution in [2.45, 2.75) is 0 Å². The van der Waals surface area contributed by atoms with Crippen LogP contribution < -0.4 is 5.32 Å². The summed E-state index contributed by atoms with van der Waals surface area (Å²) < 4.78 is 12.9. The molecule has 0 saturated heterocycles. The molecule has 1 aromatic carbocycles. The fourth-order valence-electron chi connectivity index (χ4n) is 1.72. The molecule has 0 saturated carbocycles. The molecule has 3 rings (SSSR count). The third-order valence-electron chi connectivity index (χ3n) is 2.77. The fourth-order valence-corrected chi connectivity index (χ4v) is 1.88. The summed E-state index contributed by atoms with van der Waals surface area (Å²) in [6.45, 7) is 0. The first-order chi connectivity index (χ1) is 10.6. The number of hydrogen-bond acceptors (Lipinski definition) is 4. The van der Waals surface area contributed by atoms with E-state index in [9.17, 15) is 9.18 Å². The molecule has 0 atom stereocenters. The Morgan fingerprint density at radius 1 is 1.23 bits per heavy atom. The largest absolute Gasteiger partial charge is 0.304 e. The molecule has 0 aliphatic carbocycles. The molecule has 0 radical (unpaired) electrons. The van der Waals surface area contributed by atoms with E-state index in [1.54, 1.807) is 12.1 Å². The highest BCUT2D eigenvalue weighted by Gasteiger charge is 2.13. The number of rotatable bonds is 3. The first-order valence-corrected chi connectivity index (χ1v) is 6.61. The van der Waals surface area contributed by atoms with Gasteiger partial charge in [-0.15, -0.1) is 5.10 Å². The van der Waals surface area contributed by atoms with Gasteiger partial charge in [0.25, 0.3) is 5.91 Å². The second kappa shape index (κ2) is 5.90. The molecule has 2 aromatic heterocycles. The topological polar surface area (TPSA) is 72.7 Å². The summed E-state index contributed by atoms with van der Waals surface area (Å²) in [4.78, 5) is 17.3. The summed E-state index contributed by atoms with van der Waals surface area (Å²) in [7, 11) is 0. The van der Waals surface area contributed by atoms with Crippen molar-refractivity contribution < 1.29 is 9.18 Å². The van der Waals surface area contributed by atoms with Crippen molar-refractivity contribution >= 4 is 23.3 Å². The SMILES string of the molecule is O=C(Nc1ncccc1Cl)c1cnn(-c2ccc(F)cc2)n1. The van der Waals surface area contributed by atoms with Gasteiger partial charge in [0, 0.05) is 6.20 Å². The number of nitrogens with zero attached hydrogens (tertiary/aromatic N) is 4. The van der Waals surface area contributed by atoms with Gasteiger partial charge < -0.3 is 5.32 Å². The van der Waals surface area contributed by atoms with Crippen molar-refractivity contribution in [2.75, 3.05) is 5.32 Å².